The molecule has 4 nitrogen and oxygen atoms in total. The van der Waals surface area contributed by atoms with Crippen LogP contribution in [0.1, 0.15) is 31.2 Å². The third-order valence-electron chi connectivity index (χ3n) is 3.46. The lowest BCUT2D eigenvalue weighted by atomic mass is 10.00. The molecule has 1 aromatic carbocycles. The number of amides is 2. The van der Waals surface area contributed by atoms with Crippen molar-refractivity contribution in [3.8, 4) is 0 Å². The Labute approximate surface area is 119 Å². The minimum absolute atomic E-state index is 0.472. The average molecular weight is 272 g/mol. The molecule has 0 heterocycles. The molecule has 2 N–H and O–H groups in total. The number of hydrogen-bond acceptors (Lipinski definition) is 2. The topological polar surface area (TPSA) is 58.2 Å². The standard InChI is InChI=1S/C16H20N2O2/c1-12-7-5-6-10-14(12)18-16(20)15(19)17-11-13-8-3-2-4-9-13/h5-8,10H,2-4,9,11H2,1H3,(H,17,19)(H,18,20). The van der Waals surface area contributed by atoms with Crippen LogP contribution < -0.4 is 10.6 Å². The Bertz CT molecular complexity index is 535. The number of carbonyl (C=O) groups excluding carboxylic acids is 2. The van der Waals surface area contributed by atoms with E-state index in [1.807, 2.05) is 25.1 Å². The Kier molecular flexibility index (Phi) is 4.93. The molecule has 20 heavy (non-hydrogen) atoms. The van der Waals surface area contributed by atoms with Crippen LogP contribution in [0.4, 0.5) is 5.69 Å². The summed E-state index contributed by atoms with van der Waals surface area (Å²) in [5, 5.41) is 5.30. The number of para-hydroxylation sites is 1. The third kappa shape index (κ3) is 3.95. The molecule has 1 aliphatic carbocycles. The fourth-order valence-electron chi connectivity index (χ4n) is 2.23. The maximum absolute atomic E-state index is 11.8. The number of carbonyl (C=O) groups is 2. The summed E-state index contributed by atoms with van der Waals surface area (Å²) in [6.45, 7) is 2.36. The molecule has 1 aromatic rings. The number of rotatable bonds is 3. The second kappa shape index (κ2) is 6.89. The highest BCUT2D eigenvalue weighted by Crippen LogP contribution is 2.16. The lowest BCUT2D eigenvalue weighted by Crippen LogP contribution is -2.36. The van der Waals surface area contributed by atoms with Crippen molar-refractivity contribution < 1.29 is 9.59 Å². The lowest BCUT2D eigenvalue weighted by molar-refractivity contribution is -0.136. The van der Waals surface area contributed by atoms with E-state index in [9.17, 15) is 9.59 Å². The fourth-order valence-corrected chi connectivity index (χ4v) is 2.23. The summed E-state index contributed by atoms with van der Waals surface area (Å²) in [6.07, 6.45) is 6.62. The zero-order valence-electron chi connectivity index (χ0n) is 11.7. The number of nitrogens with one attached hydrogen (secondary N) is 2. The van der Waals surface area contributed by atoms with Crippen LogP contribution in [0.15, 0.2) is 35.9 Å². The summed E-state index contributed by atoms with van der Waals surface area (Å²) >= 11 is 0. The van der Waals surface area contributed by atoms with Gasteiger partial charge in [-0.15, -0.1) is 0 Å². The highest BCUT2D eigenvalue weighted by molar-refractivity contribution is 6.39. The van der Waals surface area contributed by atoms with Crippen LogP contribution in [0.5, 0.6) is 0 Å². The van der Waals surface area contributed by atoms with Crippen molar-refractivity contribution in [3.63, 3.8) is 0 Å². The van der Waals surface area contributed by atoms with Gasteiger partial charge in [0, 0.05) is 12.2 Å². The van der Waals surface area contributed by atoms with E-state index in [4.69, 9.17) is 0 Å². The molecule has 0 aliphatic heterocycles. The maximum Gasteiger partial charge on any atom is 0.313 e. The van der Waals surface area contributed by atoms with Crippen molar-refractivity contribution in [1.82, 2.24) is 5.32 Å². The average Bonchev–Trinajstić information content (AvgIpc) is 2.48. The number of allylic oxidation sites excluding steroid dienone is 1. The van der Waals surface area contributed by atoms with E-state index in [0.717, 1.165) is 24.8 Å². The molecule has 106 valence electrons. The number of anilines is 1. The van der Waals surface area contributed by atoms with E-state index < -0.39 is 11.8 Å². The molecule has 0 spiro atoms. The summed E-state index contributed by atoms with van der Waals surface area (Å²) in [7, 11) is 0. The molecule has 0 bridgehead atoms. The maximum atomic E-state index is 11.8. The van der Waals surface area contributed by atoms with Gasteiger partial charge < -0.3 is 10.6 Å². The van der Waals surface area contributed by atoms with Gasteiger partial charge in [-0.3, -0.25) is 9.59 Å². The molecular weight excluding hydrogens is 252 g/mol. The summed E-state index contributed by atoms with van der Waals surface area (Å²) in [6, 6.07) is 7.39. The van der Waals surface area contributed by atoms with Crippen molar-refractivity contribution in [2.24, 2.45) is 0 Å². The smallest absolute Gasteiger partial charge is 0.313 e. The molecule has 2 amide bonds. The molecule has 1 aliphatic rings. The summed E-state index contributed by atoms with van der Waals surface area (Å²) in [5.74, 6) is -1.20. The Hall–Kier alpha value is -2.10. The normalized spacial score (nSPS) is 14.3. The van der Waals surface area contributed by atoms with Gasteiger partial charge in [-0.2, -0.15) is 0 Å². The van der Waals surface area contributed by atoms with E-state index in [-0.39, 0.29) is 0 Å². The highest BCUT2D eigenvalue weighted by atomic mass is 16.2. The molecule has 0 fully saturated rings. The predicted molar refractivity (Wildman–Crippen MR) is 79.4 cm³/mol. The Morgan fingerprint density at radius 1 is 1.15 bits per heavy atom. The zero-order chi connectivity index (χ0) is 14.4. The van der Waals surface area contributed by atoms with Crippen molar-refractivity contribution >= 4 is 17.5 Å². The minimum atomic E-state index is -0.615. The molecule has 0 atom stereocenters. The quantitative estimate of drug-likeness (QED) is 0.656. The van der Waals surface area contributed by atoms with Gasteiger partial charge in [0.15, 0.2) is 0 Å². The number of aryl methyl sites for hydroxylation is 1. The highest BCUT2D eigenvalue weighted by Gasteiger charge is 2.14. The molecule has 2 rings (SSSR count). The van der Waals surface area contributed by atoms with Crippen LogP contribution in [-0.4, -0.2) is 18.4 Å². The van der Waals surface area contributed by atoms with E-state index >= 15 is 0 Å². The van der Waals surface area contributed by atoms with Gasteiger partial charge in [0.1, 0.15) is 0 Å². The van der Waals surface area contributed by atoms with E-state index in [2.05, 4.69) is 16.7 Å². The van der Waals surface area contributed by atoms with E-state index in [1.165, 1.54) is 12.0 Å². The number of hydrogen-bond donors (Lipinski definition) is 2. The fraction of sp³-hybridized carbons (Fsp3) is 0.375. The first kappa shape index (κ1) is 14.3. The molecule has 4 heteroatoms. The Balaban J connectivity index is 1.84. The summed E-state index contributed by atoms with van der Waals surface area (Å²) < 4.78 is 0. The van der Waals surface area contributed by atoms with E-state index in [1.54, 1.807) is 6.07 Å². The van der Waals surface area contributed by atoms with Crippen LogP contribution in [0, 0.1) is 6.92 Å². The molecule has 0 saturated carbocycles. The van der Waals surface area contributed by atoms with Crippen LogP contribution in [0.2, 0.25) is 0 Å². The molecular formula is C16H20N2O2. The van der Waals surface area contributed by atoms with Crippen LogP contribution in [0.3, 0.4) is 0 Å². The van der Waals surface area contributed by atoms with Gasteiger partial charge in [0.2, 0.25) is 0 Å². The van der Waals surface area contributed by atoms with Crippen LogP contribution in [0.25, 0.3) is 0 Å². The SMILES string of the molecule is Cc1ccccc1NC(=O)C(=O)NCC1=CCCCC1. The van der Waals surface area contributed by atoms with Gasteiger partial charge >= 0.3 is 11.8 Å². The van der Waals surface area contributed by atoms with Crippen molar-refractivity contribution in [2.45, 2.75) is 32.6 Å². The van der Waals surface area contributed by atoms with Crippen LogP contribution >= 0.6 is 0 Å². The first-order valence-corrected chi connectivity index (χ1v) is 6.99. The Morgan fingerprint density at radius 3 is 2.65 bits per heavy atom. The number of benzene rings is 1. The molecule has 0 saturated heterocycles. The Morgan fingerprint density at radius 2 is 1.95 bits per heavy atom. The first-order chi connectivity index (χ1) is 9.66. The predicted octanol–water partition coefficient (Wildman–Crippen LogP) is 2.55. The van der Waals surface area contributed by atoms with Gasteiger partial charge in [0.05, 0.1) is 0 Å². The van der Waals surface area contributed by atoms with Crippen molar-refractivity contribution in [2.75, 3.05) is 11.9 Å². The van der Waals surface area contributed by atoms with Crippen molar-refractivity contribution in [3.05, 3.63) is 41.5 Å². The minimum Gasteiger partial charge on any atom is -0.344 e. The third-order valence-corrected chi connectivity index (χ3v) is 3.46. The molecule has 0 unspecified atom stereocenters. The van der Waals surface area contributed by atoms with Gasteiger partial charge in [-0.25, -0.2) is 0 Å². The lowest BCUT2D eigenvalue weighted by Gasteiger charge is -2.13. The van der Waals surface area contributed by atoms with E-state index in [0.29, 0.717) is 12.2 Å². The van der Waals surface area contributed by atoms with Crippen LogP contribution in [-0.2, 0) is 9.59 Å². The van der Waals surface area contributed by atoms with Gasteiger partial charge in [0.25, 0.3) is 0 Å². The van der Waals surface area contributed by atoms with Crippen molar-refractivity contribution in [1.29, 1.82) is 0 Å². The summed E-state index contributed by atoms with van der Waals surface area (Å²) in [5.41, 5.74) is 2.82. The zero-order valence-corrected chi connectivity index (χ0v) is 11.7. The molecule has 0 aromatic heterocycles. The molecule has 0 radical (unpaired) electrons. The second-order valence-corrected chi connectivity index (χ2v) is 5.06. The first-order valence-electron chi connectivity index (χ1n) is 6.99. The summed E-state index contributed by atoms with van der Waals surface area (Å²) in [4.78, 5) is 23.5. The van der Waals surface area contributed by atoms with Gasteiger partial charge in [-0.1, -0.05) is 29.8 Å². The largest absolute Gasteiger partial charge is 0.344 e. The van der Waals surface area contributed by atoms with Gasteiger partial charge in [-0.05, 0) is 44.2 Å². The monoisotopic (exact) mass is 272 g/mol. The second-order valence-electron chi connectivity index (χ2n) is 5.06.